The normalized spacial score (nSPS) is 11.1. The van der Waals surface area contributed by atoms with Gasteiger partial charge in [0.25, 0.3) is 0 Å². The van der Waals surface area contributed by atoms with Crippen LogP contribution in [0, 0.1) is 13.8 Å². The molecule has 6 heteroatoms. The van der Waals surface area contributed by atoms with Crippen LogP contribution in [-0.4, -0.2) is 18.2 Å². The molecule has 0 bridgehead atoms. The maximum absolute atomic E-state index is 12.4. The molecule has 210 valence electrons. The number of benzene rings is 2. The first-order chi connectivity index (χ1) is 18.5. The van der Waals surface area contributed by atoms with Crippen molar-refractivity contribution >= 4 is 11.9 Å². The maximum atomic E-state index is 12.4. The van der Waals surface area contributed by atoms with Gasteiger partial charge in [-0.1, -0.05) is 119 Å². The van der Waals surface area contributed by atoms with Crippen LogP contribution in [0.5, 0.6) is 0 Å². The van der Waals surface area contributed by atoms with Crippen LogP contribution < -0.4 is 0 Å². The lowest BCUT2D eigenvalue weighted by molar-refractivity contribution is -0.421. The predicted octanol–water partition coefficient (Wildman–Crippen LogP) is 8.99. The van der Waals surface area contributed by atoms with Gasteiger partial charge in [0.1, 0.15) is 0 Å². The minimum Gasteiger partial charge on any atom is -0.290 e. The lowest BCUT2D eigenvalue weighted by atomic mass is 10.0. The smallest absolute Gasteiger partial charge is 0.290 e. The van der Waals surface area contributed by atoms with Crippen LogP contribution in [-0.2, 0) is 19.6 Å². The Morgan fingerprint density at radius 3 is 1.39 bits per heavy atom. The first-order valence-electron chi connectivity index (χ1n) is 14.4. The Labute approximate surface area is 228 Å². The second-order valence-electron chi connectivity index (χ2n) is 10.1. The Morgan fingerprint density at radius 2 is 1.00 bits per heavy atom. The van der Waals surface area contributed by atoms with Crippen molar-refractivity contribution in [1.29, 1.82) is 0 Å². The summed E-state index contributed by atoms with van der Waals surface area (Å²) in [5, 5.41) is 0. The van der Waals surface area contributed by atoms with Crippen LogP contribution in [0.15, 0.2) is 48.5 Å². The molecule has 0 aliphatic heterocycles. The summed E-state index contributed by atoms with van der Waals surface area (Å²) in [5.74, 6) is -1.25. The number of carbonyl (C=O) groups is 2. The van der Waals surface area contributed by atoms with Gasteiger partial charge in [-0.3, -0.25) is 9.78 Å². The first kappa shape index (κ1) is 31.5. The van der Waals surface area contributed by atoms with Gasteiger partial charge in [0.2, 0.25) is 6.29 Å². The standard InChI is InChI=1S/C32H46O6/c1-4-5-6-7-8-9-10-11-12-13-14-15-16-23-30(35-37-31(33)28-21-17-19-26(2)24-28)36-38-32(34)29-22-18-20-27(3)25-29/h17-22,24-25,30H,4-16,23H2,1-3H3. The van der Waals surface area contributed by atoms with Gasteiger partial charge in [-0.2, -0.15) is 0 Å². The number of unbranched alkanes of at least 4 members (excludes halogenated alkanes) is 12. The fraction of sp³-hybridized carbons (Fsp3) is 0.562. The highest BCUT2D eigenvalue weighted by atomic mass is 17.3. The summed E-state index contributed by atoms with van der Waals surface area (Å²) in [6, 6.07) is 14.1. The molecule has 0 unspecified atom stereocenters. The third-order valence-electron chi connectivity index (χ3n) is 6.51. The van der Waals surface area contributed by atoms with Gasteiger partial charge in [-0.05, 0) is 44.5 Å². The van der Waals surface area contributed by atoms with Crippen LogP contribution in [0.1, 0.15) is 129 Å². The van der Waals surface area contributed by atoms with Gasteiger partial charge >= 0.3 is 11.9 Å². The van der Waals surface area contributed by atoms with Crippen LogP contribution in [0.2, 0.25) is 0 Å². The number of hydrogen-bond donors (Lipinski definition) is 0. The van der Waals surface area contributed by atoms with E-state index in [9.17, 15) is 9.59 Å². The summed E-state index contributed by atoms with van der Waals surface area (Å²) in [6.45, 7) is 6.04. The van der Waals surface area contributed by atoms with Crippen molar-refractivity contribution in [3.8, 4) is 0 Å². The van der Waals surface area contributed by atoms with Crippen LogP contribution >= 0.6 is 0 Å². The van der Waals surface area contributed by atoms with E-state index in [-0.39, 0.29) is 0 Å². The van der Waals surface area contributed by atoms with Crippen molar-refractivity contribution in [2.75, 3.05) is 0 Å². The van der Waals surface area contributed by atoms with Gasteiger partial charge in [-0.25, -0.2) is 9.59 Å². The molecule has 0 atom stereocenters. The molecule has 0 fully saturated rings. The van der Waals surface area contributed by atoms with Crippen molar-refractivity contribution in [2.45, 2.75) is 117 Å². The zero-order valence-electron chi connectivity index (χ0n) is 23.5. The van der Waals surface area contributed by atoms with Gasteiger partial charge in [0, 0.05) is 6.42 Å². The summed E-state index contributed by atoms with van der Waals surface area (Å²) in [7, 11) is 0. The molecule has 0 N–H and O–H groups in total. The molecule has 0 saturated heterocycles. The Bertz CT molecular complexity index is 880. The average molecular weight is 527 g/mol. The summed E-state index contributed by atoms with van der Waals surface area (Å²) in [6.07, 6.45) is 15.6. The van der Waals surface area contributed by atoms with Gasteiger partial charge in [-0.15, -0.1) is 9.78 Å². The number of hydrogen-bond acceptors (Lipinski definition) is 6. The monoisotopic (exact) mass is 526 g/mol. The largest absolute Gasteiger partial charge is 0.373 e. The molecule has 0 saturated carbocycles. The maximum Gasteiger partial charge on any atom is 0.373 e. The fourth-order valence-corrected chi connectivity index (χ4v) is 4.28. The van der Waals surface area contributed by atoms with Crippen LogP contribution in [0.4, 0.5) is 0 Å². The Hall–Kier alpha value is -2.70. The van der Waals surface area contributed by atoms with E-state index >= 15 is 0 Å². The topological polar surface area (TPSA) is 71.1 Å². The minimum atomic E-state index is -1.01. The average Bonchev–Trinajstić information content (AvgIpc) is 2.92. The van der Waals surface area contributed by atoms with Crippen molar-refractivity contribution in [3.05, 3.63) is 70.8 Å². The molecule has 2 aromatic carbocycles. The molecule has 0 aromatic heterocycles. The Morgan fingerprint density at radius 1 is 0.605 bits per heavy atom. The van der Waals surface area contributed by atoms with E-state index in [0.717, 1.165) is 30.4 Å². The van der Waals surface area contributed by atoms with E-state index in [1.165, 1.54) is 64.2 Å². The highest BCUT2D eigenvalue weighted by molar-refractivity contribution is 5.89. The minimum absolute atomic E-state index is 0.376. The lowest BCUT2D eigenvalue weighted by Crippen LogP contribution is -2.22. The third-order valence-corrected chi connectivity index (χ3v) is 6.51. The first-order valence-corrected chi connectivity index (χ1v) is 14.4. The van der Waals surface area contributed by atoms with Crippen molar-refractivity contribution in [2.24, 2.45) is 0 Å². The fourth-order valence-electron chi connectivity index (χ4n) is 4.28. The zero-order valence-corrected chi connectivity index (χ0v) is 23.5. The second-order valence-corrected chi connectivity index (χ2v) is 10.1. The molecule has 0 radical (unpaired) electrons. The Balaban J connectivity index is 1.70. The molecule has 0 aliphatic carbocycles. The van der Waals surface area contributed by atoms with Gasteiger partial charge in [0.05, 0.1) is 11.1 Å². The van der Waals surface area contributed by atoms with E-state index in [1.54, 1.807) is 36.4 Å². The van der Waals surface area contributed by atoms with Crippen LogP contribution in [0.25, 0.3) is 0 Å². The summed E-state index contributed by atoms with van der Waals surface area (Å²) in [5.41, 5.74) is 2.63. The van der Waals surface area contributed by atoms with Crippen molar-refractivity contribution < 1.29 is 29.1 Å². The summed E-state index contributed by atoms with van der Waals surface area (Å²) < 4.78 is 0. The number of rotatable bonds is 20. The van der Waals surface area contributed by atoms with Gasteiger partial charge < -0.3 is 0 Å². The van der Waals surface area contributed by atoms with E-state index in [4.69, 9.17) is 19.6 Å². The highest BCUT2D eigenvalue weighted by Crippen LogP contribution is 2.16. The Kier molecular flexibility index (Phi) is 16.1. The molecular weight excluding hydrogens is 480 g/mol. The molecule has 2 rings (SSSR count). The molecule has 0 spiro atoms. The molecule has 0 amide bonds. The molecule has 2 aromatic rings. The molecule has 0 aliphatic rings. The van der Waals surface area contributed by atoms with E-state index in [0.29, 0.717) is 17.5 Å². The van der Waals surface area contributed by atoms with Gasteiger partial charge in [0.15, 0.2) is 0 Å². The number of carbonyl (C=O) groups excluding carboxylic acids is 2. The molecule has 38 heavy (non-hydrogen) atoms. The second kappa shape index (κ2) is 19.4. The quantitative estimate of drug-likeness (QED) is 0.0742. The molecule has 6 nitrogen and oxygen atoms in total. The van der Waals surface area contributed by atoms with E-state index in [2.05, 4.69) is 6.92 Å². The van der Waals surface area contributed by atoms with Crippen molar-refractivity contribution in [1.82, 2.24) is 0 Å². The van der Waals surface area contributed by atoms with E-state index in [1.807, 2.05) is 26.0 Å². The molecule has 0 heterocycles. The van der Waals surface area contributed by atoms with Crippen LogP contribution in [0.3, 0.4) is 0 Å². The highest BCUT2D eigenvalue weighted by Gasteiger charge is 2.19. The third kappa shape index (κ3) is 13.7. The lowest BCUT2D eigenvalue weighted by Gasteiger charge is -2.15. The summed E-state index contributed by atoms with van der Waals surface area (Å²) >= 11 is 0. The SMILES string of the molecule is CCCCCCCCCCCCCCCC(OOC(=O)c1cccc(C)c1)OOC(=O)c1cccc(C)c1. The summed E-state index contributed by atoms with van der Waals surface area (Å²) in [4.78, 5) is 45.3. The zero-order chi connectivity index (χ0) is 27.4. The predicted molar refractivity (Wildman–Crippen MR) is 149 cm³/mol. The van der Waals surface area contributed by atoms with Crippen molar-refractivity contribution in [3.63, 3.8) is 0 Å². The molecular formula is C32H46O6. The number of aryl methyl sites for hydroxylation is 2. The van der Waals surface area contributed by atoms with E-state index < -0.39 is 18.2 Å².